The van der Waals surface area contributed by atoms with Gasteiger partial charge in [-0.15, -0.1) is 0 Å². The maximum atomic E-state index is 11.5. The molecular formula is C78H60BN5. The highest BCUT2D eigenvalue weighted by Crippen LogP contribution is 2.54. The van der Waals surface area contributed by atoms with Gasteiger partial charge in [0, 0.05) is 61.4 Å². The van der Waals surface area contributed by atoms with Crippen molar-refractivity contribution >= 4 is 129 Å². The highest BCUT2D eigenvalue weighted by atomic mass is 15.2. The van der Waals surface area contributed by atoms with Gasteiger partial charge in [-0.3, -0.25) is 0 Å². The van der Waals surface area contributed by atoms with Gasteiger partial charge in [-0.1, -0.05) is 193 Å². The van der Waals surface area contributed by atoms with Crippen LogP contribution < -0.4 is 31.1 Å². The molecule has 2 aromatic heterocycles. The van der Waals surface area contributed by atoms with Gasteiger partial charge in [0.05, 0.1) is 102 Å². The van der Waals surface area contributed by atoms with E-state index >= 15 is 0 Å². The minimum Gasteiger partial charge on any atom is -0.311 e. The van der Waals surface area contributed by atoms with E-state index in [1.54, 1.807) is 41.5 Å². The molecule has 0 atom stereocenters. The van der Waals surface area contributed by atoms with Gasteiger partial charge in [0.2, 0.25) is 0 Å². The second-order valence-electron chi connectivity index (χ2n) is 22.1. The summed E-state index contributed by atoms with van der Waals surface area (Å²) >= 11 is 0. The molecule has 0 N–H and O–H groups in total. The van der Waals surface area contributed by atoms with Gasteiger partial charge in [0.25, 0.3) is 6.71 Å². The standard InChI is InChI=1S/C78H60BN5/c1-77(2,3)51-36-42-67-62(44-51)63-45-52(78(4,5)6)37-43-68(63)82(67)56-40-41-64-71(46-56)81(55-38-34-50(35-39-55)59-28-17-21-49-20-13-14-26-58(49)59)72-47-57(80(53-22-9-7-10-23-53)54-24-11-8-12-25-54)48-73-74(72)79(64)65-30-19-33-70-76(65)84(73)69-32-18-29-61-60-27-15-16-31-66(60)83(70)75(61)69/h7-48H,1-6H3/i7D,8D,9D,10D,11D,12D,13D,14D,15D,16D,17D,18D,19D,20D,21D,22D,23D,24D,25D,26D,27D,28D,29D,30D,31D,32D,33D,34D,35D,36D,37D,38D,39D,40D,41D,42D,43D,44D,45D,46D,47D,48D. The smallest absolute Gasteiger partial charge is 0.252 e. The highest BCUT2D eigenvalue weighted by Gasteiger charge is 2.47. The summed E-state index contributed by atoms with van der Waals surface area (Å²) in [5.41, 5.74) is -21.7. The fourth-order valence-electron chi connectivity index (χ4n) is 11.3. The summed E-state index contributed by atoms with van der Waals surface area (Å²) in [5, 5.41) is -3.54. The molecule has 0 saturated heterocycles. The summed E-state index contributed by atoms with van der Waals surface area (Å²) in [7, 11) is 0. The molecule has 12 aromatic carbocycles. The van der Waals surface area contributed by atoms with Gasteiger partial charge < -0.3 is 23.8 Å². The summed E-state index contributed by atoms with van der Waals surface area (Å²) in [6.45, 7) is 7.17. The van der Waals surface area contributed by atoms with Crippen LogP contribution in [0, 0.1) is 0 Å². The Morgan fingerprint density at radius 1 is 0.369 bits per heavy atom. The molecule has 84 heavy (non-hydrogen) atoms. The number of anilines is 9. The molecule has 0 spiro atoms. The zero-order valence-electron chi connectivity index (χ0n) is 86.8. The molecular weight excluding hydrogens is 1020 g/mol. The molecule has 0 saturated carbocycles. The summed E-state index contributed by atoms with van der Waals surface area (Å²) in [4.78, 5) is 1.62. The van der Waals surface area contributed by atoms with Gasteiger partial charge in [0.1, 0.15) is 0 Å². The number of rotatable bonds is 6. The van der Waals surface area contributed by atoms with E-state index in [2.05, 4.69) is 0 Å². The van der Waals surface area contributed by atoms with Crippen molar-refractivity contribution in [1.82, 2.24) is 9.13 Å². The van der Waals surface area contributed by atoms with Gasteiger partial charge in [0.15, 0.2) is 0 Å². The predicted octanol–water partition coefficient (Wildman–Crippen LogP) is 19.2. The van der Waals surface area contributed by atoms with Gasteiger partial charge in [-0.25, -0.2) is 0 Å². The van der Waals surface area contributed by atoms with Crippen molar-refractivity contribution in [2.75, 3.05) is 14.7 Å². The van der Waals surface area contributed by atoms with E-state index in [0.29, 0.717) is 9.80 Å². The molecule has 17 rings (SSSR count). The van der Waals surface area contributed by atoms with Crippen molar-refractivity contribution in [2.24, 2.45) is 0 Å². The Morgan fingerprint density at radius 2 is 0.929 bits per heavy atom. The van der Waals surface area contributed by atoms with Crippen LogP contribution in [0.5, 0.6) is 0 Å². The van der Waals surface area contributed by atoms with E-state index in [9.17, 15) is 45.2 Å². The van der Waals surface area contributed by atoms with E-state index in [1.165, 1.54) is 0 Å². The van der Waals surface area contributed by atoms with Gasteiger partial charge in [-0.2, -0.15) is 0 Å². The van der Waals surface area contributed by atoms with E-state index in [0.717, 1.165) is 14.0 Å². The number of nitrogens with zero attached hydrogens (tertiary/aromatic N) is 5. The van der Waals surface area contributed by atoms with Crippen LogP contribution in [0.4, 0.5) is 51.2 Å². The third kappa shape index (κ3) is 7.04. The maximum Gasteiger partial charge on any atom is 0.252 e. The molecule has 3 aliphatic heterocycles. The predicted molar refractivity (Wildman–Crippen MR) is 358 cm³/mol. The number of aromatic nitrogens is 2. The van der Waals surface area contributed by atoms with Crippen molar-refractivity contribution < 1.29 is 57.6 Å². The summed E-state index contributed by atoms with van der Waals surface area (Å²) < 4.78 is 415. The summed E-state index contributed by atoms with van der Waals surface area (Å²) in [6.07, 6.45) is 0. The van der Waals surface area contributed by atoms with Gasteiger partial charge >= 0.3 is 0 Å². The molecule has 0 aliphatic carbocycles. The SMILES string of the molecule is [2H]c1c([2H])c([2H])c(N(c2c([2H])c([2H])c([2H])c([2H])c2[2H])c2c([2H])c3c4c(c2[2H])N2c5c(c([2H])c([2H])c([2H])c5-n5c6c([2H])c([2H])c([2H])c([2H])c6c6c([2H])c([2H])c([2H])c2c65)B4c2c([2H])c([2H])c(-n4c5c([2H])c([2H])c(C(C)(C)C)c([2H])c5c5c([2H])c(C(C)(C)C)c([2H])c([2H])c54)c([2H])c2N3c2c([2H])c([2H])c(-c3c([2H])c([2H])c([2H])c4c([2H])c([2H])c([2H])c([2H])c34)c([2H])c2[2H])c([2H])c1[2H]. The minimum absolute atomic E-state index is 0.123. The first-order valence-corrected chi connectivity index (χ1v) is 26.2. The molecule has 3 aliphatic rings. The van der Waals surface area contributed by atoms with Crippen LogP contribution in [0.25, 0.3) is 76.9 Å². The average Bonchev–Trinajstić information content (AvgIpc) is 1.08. The number of hydrogen-bond donors (Lipinski definition) is 0. The van der Waals surface area contributed by atoms with Crippen LogP contribution in [-0.4, -0.2) is 15.8 Å². The summed E-state index contributed by atoms with van der Waals surface area (Å²) in [6, 6.07) is -46.3. The third-order valence-electron chi connectivity index (χ3n) is 15.1. The lowest BCUT2D eigenvalue weighted by atomic mass is 9.33. The first kappa shape index (κ1) is 22.6. The van der Waals surface area contributed by atoms with Crippen molar-refractivity contribution in [3.05, 3.63) is 265 Å². The van der Waals surface area contributed by atoms with Crippen LogP contribution >= 0.6 is 0 Å². The molecule has 0 unspecified atom stereocenters. The zero-order valence-corrected chi connectivity index (χ0v) is 44.8. The molecule has 0 fully saturated rings. The van der Waals surface area contributed by atoms with Crippen LogP contribution in [-0.2, 0) is 10.8 Å². The minimum atomic E-state index is -2.47. The third-order valence-corrected chi connectivity index (χ3v) is 15.1. The van der Waals surface area contributed by atoms with E-state index in [4.69, 9.17) is 12.3 Å². The number of fused-ring (bicyclic) bond motifs is 13. The van der Waals surface area contributed by atoms with Crippen LogP contribution in [0.15, 0.2) is 254 Å². The number of para-hydroxylation sites is 5. The molecule has 0 bridgehead atoms. The van der Waals surface area contributed by atoms with Crippen LogP contribution in [0.1, 0.15) is 110 Å². The van der Waals surface area contributed by atoms with Crippen LogP contribution in [0.2, 0.25) is 0 Å². The van der Waals surface area contributed by atoms with Crippen molar-refractivity contribution in [1.29, 1.82) is 0 Å². The Bertz CT molecular complexity index is 7410. The average molecular weight is 1120 g/mol. The molecule has 400 valence electrons. The van der Waals surface area contributed by atoms with Gasteiger partial charge in [-0.05, 0) is 163 Å². The molecule has 6 heteroatoms. The van der Waals surface area contributed by atoms with Crippen LogP contribution in [0.3, 0.4) is 0 Å². The Balaban J connectivity index is 1.20. The Morgan fingerprint density at radius 3 is 1.62 bits per heavy atom. The molecule has 0 amide bonds. The lowest BCUT2D eigenvalue weighted by Crippen LogP contribution is -2.61. The number of benzene rings is 12. The lowest BCUT2D eigenvalue weighted by molar-refractivity contribution is 0.590. The largest absolute Gasteiger partial charge is 0.311 e. The fraction of sp³-hybridized carbons (Fsp3) is 0.103. The molecule has 5 nitrogen and oxygen atoms in total. The molecule has 14 aromatic rings. The van der Waals surface area contributed by atoms with E-state index in [1.807, 2.05) is 0 Å². The van der Waals surface area contributed by atoms with Crippen molar-refractivity contribution in [3.63, 3.8) is 0 Å². The van der Waals surface area contributed by atoms with E-state index < -0.39 is 416 Å². The Hall–Kier alpha value is -10.0. The fourth-order valence-corrected chi connectivity index (χ4v) is 11.3. The first-order valence-electron chi connectivity index (χ1n) is 47.2. The first-order chi connectivity index (χ1) is 58.5. The van der Waals surface area contributed by atoms with Crippen molar-refractivity contribution in [3.8, 4) is 22.5 Å². The topological polar surface area (TPSA) is 19.6 Å². The van der Waals surface area contributed by atoms with E-state index in [-0.39, 0.29) is 11.1 Å². The summed E-state index contributed by atoms with van der Waals surface area (Å²) in [5.74, 6) is 0. The quantitative estimate of drug-likeness (QED) is 0.155. The second kappa shape index (κ2) is 17.7. The Labute approximate surface area is 549 Å². The van der Waals surface area contributed by atoms with Crippen molar-refractivity contribution in [2.45, 2.75) is 52.4 Å². The maximum absolute atomic E-state index is 11.5. The lowest BCUT2D eigenvalue weighted by Gasteiger charge is -2.46. The monoisotopic (exact) mass is 1120 g/mol. The Kier molecular flexibility index (Phi) is 4.77. The zero-order chi connectivity index (χ0) is 92.9. The second-order valence-corrected chi connectivity index (χ2v) is 22.1. The molecule has 0 radical (unpaired) electrons. The highest BCUT2D eigenvalue weighted by molar-refractivity contribution is 7.00. The molecule has 5 heterocycles. The normalized spacial score (nSPS) is 20.3. The number of hydrogen-bond acceptors (Lipinski definition) is 3.